The molecule has 2 aromatic carbocycles. The Morgan fingerprint density at radius 2 is 1.88 bits per heavy atom. The lowest BCUT2D eigenvalue weighted by atomic mass is 10.1. The van der Waals surface area contributed by atoms with E-state index < -0.39 is 5.97 Å². The highest BCUT2D eigenvalue weighted by Crippen LogP contribution is 2.18. The van der Waals surface area contributed by atoms with Crippen LogP contribution in [0.5, 0.6) is 0 Å². The number of carbonyl (C=O) groups is 2. The third-order valence-electron chi connectivity index (χ3n) is 3.66. The Labute approximate surface area is 149 Å². The molecule has 0 fully saturated rings. The minimum Gasteiger partial charge on any atom is -0.462 e. The van der Waals surface area contributed by atoms with Gasteiger partial charge in [-0.05, 0) is 53.7 Å². The van der Waals surface area contributed by atoms with Gasteiger partial charge in [0, 0.05) is 23.9 Å². The van der Waals surface area contributed by atoms with Crippen LogP contribution in [0, 0.1) is 0 Å². The van der Waals surface area contributed by atoms with E-state index in [-0.39, 0.29) is 5.91 Å². The van der Waals surface area contributed by atoms with Gasteiger partial charge in [-0.15, -0.1) is 5.10 Å². The fourth-order valence-electron chi connectivity index (χ4n) is 2.38. The molecule has 8 nitrogen and oxygen atoms in total. The minimum atomic E-state index is -0.393. The molecule has 0 spiro atoms. The Balaban J connectivity index is 1.74. The second-order valence-corrected chi connectivity index (χ2v) is 5.46. The quantitative estimate of drug-likeness (QED) is 0.708. The molecule has 0 atom stereocenters. The highest BCUT2D eigenvalue weighted by atomic mass is 16.5. The van der Waals surface area contributed by atoms with Gasteiger partial charge in [0.15, 0.2) is 5.82 Å². The molecule has 0 unspecified atom stereocenters. The number of benzene rings is 2. The number of esters is 1. The molecule has 0 radical (unpaired) electrons. The predicted octanol–water partition coefficient (Wildman–Crippen LogP) is 2.31. The van der Waals surface area contributed by atoms with E-state index in [1.807, 2.05) is 6.07 Å². The monoisotopic (exact) mass is 351 g/mol. The van der Waals surface area contributed by atoms with Gasteiger partial charge in [0.05, 0.1) is 12.2 Å². The van der Waals surface area contributed by atoms with Crippen LogP contribution >= 0.6 is 0 Å². The zero-order chi connectivity index (χ0) is 18.5. The molecule has 26 heavy (non-hydrogen) atoms. The van der Waals surface area contributed by atoms with Crippen LogP contribution in [0.1, 0.15) is 27.6 Å². The lowest BCUT2D eigenvalue weighted by Crippen LogP contribution is -2.12. The Hall–Kier alpha value is -3.55. The van der Waals surface area contributed by atoms with Crippen LogP contribution in [0.15, 0.2) is 48.5 Å². The number of tetrazole rings is 1. The summed E-state index contributed by atoms with van der Waals surface area (Å²) in [5.41, 5.74) is 2.22. The predicted molar refractivity (Wildman–Crippen MR) is 94.6 cm³/mol. The van der Waals surface area contributed by atoms with Crippen LogP contribution in [0.3, 0.4) is 0 Å². The molecular formula is C18H17N5O3. The maximum Gasteiger partial charge on any atom is 0.338 e. The first kappa shape index (κ1) is 17.3. The number of carbonyl (C=O) groups excluding carboxylic acids is 2. The molecule has 0 aliphatic heterocycles. The smallest absolute Gasteiger partial charge is 0.338 e. The molecule has 0 aliphatic rings. The molecule has 132 valence electrons. The zero-order valence-corrected chi connectivity index (χ0v) is 14.3. The Morgan fingerprint density at radius 3 is 2.54 bits per heavy atom. The van der Waals surface area contributed by atoms with Crippen LogP contribution in [0.4, 0.5) is 5.69 Å². The average Bonchev–Trinajstić information content (AvgIpc) is 3.08. The van der Waals surface area contributed by atoms with Crippen molar-refractivity contribution >= 4 is 17.6 Å². The van der Waals surface area contributed by atoms with Gasteiger partial charge < -0.3 is 10.1 Å². The summed E-state index contributed by atoms with van der Waals surface area (Å²) in [7, 11) is 1.73. The van der Waals surface area contributed by atoms with Crippen LogP contribution < -0.4 is 5.32 Å². The highest BCUT2D eigenvalue weighted by molar-refractivity contribution is 6.05. The number of aromatic nitrogens is 4. The summed E-state index contributed by atoms with van der Waals surface area (Å²) in [5, 5.41) is 14.1. The van der Waals surface area contributed by atoms with Gasteiger partial charge in [-0.2, -0.15) is 0 Å². The lowest BCUT2D eigenvalue weighted by molar-refractivity contribution is 0.0526. The van der Waals surface area contributed by atoms with Crippen molar-refractivity contribution in [1.29, 1.82) is 0 Å². The molecule has 1 heterocycles. The van der Waals surface area contributed by atoms with Gasteiger partial charge >= 0.3 is 5.97 Å². The zero-order valence-electron chi connectivity index (χ0n) is 14.3. The fraction of sp³-hybridized carbons (Fsp3) is 0.167. The van der Waals surface area contributed by atoms with Crippen molar-refractivity contribution in [3.63, 3.8) is 0 Å². The van der Waals surface area contributed by atoms with E-state index in [0.717, 1.165) is 5.56 Å². The van der Waals surface area contributed by atoms with Crippen LogP contribution in [-0.4, -0.2) is 38.7 Å². The van der Waals surface area contributed by atoms with E-state index in [1.54, 1.807) is 56.4 Å². The number of rotatable bonds is 5. The van der Waals surface area contributed by atoms with Gasteiger partial charge in [-0.25, -0.2) is 9.48 Å². The van der Waals surface area contributed by atoms with Crippen molar-refractivity contribution in [2.45, 2.75) is 6.92 Å². The second-order valence-electron chi connectivity index (χ2n) is 5.46. The van der Waals surface area contributed by atoms with Gasteiger partial charge in [-0.3, -0.25) is 4.79 Å². The molecule has 1 N–H and O–H groups in total. The molecule has 3 aromatic rings. The fourth-order valence-corrected chi connectivity index (χ4v) is 2.38. The standard InChI is InChI=1S/C18H17N5O3/c1-3-26-18(25)12-7-9-15(10-8-12)19-17(24)14-6-4-5-13(11-14)16-20-21-22-23(16)2/h4-11H,3H2,1-2H3,(H,19,24). The number of nitrogens with zero attached hydrogens (tertiary/aromatic N) is 4. The number of hydrogen-bond donors (Lipinski definition) is 1. The van der Waals surface area contributed by atoms with Crippen LogP contribution in [-0.2, 0) is 11.8 Å². The first-order valence-corrected chi connectivity index (χ1v) is 8.00. The molecule has 0 bridgehead atoms. The van der Waals surface area contributed by atoms with Crippen molar-refractivity contribution in [1.82, 2.24) is 20.2 Å². The van der Waals surface area contributed by atoms with Gasteiger partial charge in [-0.1, -0.05) is 12.1 Å². The van der Waals surface area contributed by atoms with E-state index in [9.17, 15) is 9.59 Å². The SMILES string of the molecule is CCOC(=O)c1ccc(NC(=O)c2cccc(-c3nnnn3C)c2)cc1. The number of aryl methyl sites for hydroxylation is 1. The molecule has 0 saturated carbocycles. The Morgan fingerprint density at radius 1 is 1.12 bits per heavy atom. The van der Waals surface area contributed by atoms with E-state index in [0.29, 0.717) is 29.2 Å². The van der Waals surface area contributed by atoms with Crippen LogP contribution in [0.25, 0.3) is 11.4 Å². The van der Waals surface area contributed by atoms with E-state index in [1.165, 1.54) is 4.68 Å². The lowest BCUT2D eigenvalue weighted by Gasteiger charge is -2.08. The second kappa shape index (κ2) is 7.56. The van der Waals surface area contributed by atoms with Crippen molar-refractivity contribution in [2.75, 3.05) is 11.9 Å². The third kappa shape index (κ3) is 3.75. The number of nitrogens with one attached hydrogen (secondary N) is 1. The van der Waals surface area contributed by atoms with E-state index in [4.69, 9.17) is 4.74 Å². The molecule has 0 saturated heterocycles. The van der Waals surface area contributed by atoms with Crippen LogP contribution in [0.2, 0.25) is 0 Å². The maximum atomic E-state index is 12.5. The average molecular weight is 351 g/mol. The summed E-state index contributed by atoms with van der Waals surface area (Å²) in [4.78, 5) is 24.1. The summed E-state index contributed by atoms with van der Waals surface area (Å²) < 4.78 is 6.46. The number of anilines is 1. The summed E-state index contributed by atoms with van der Waals surface area (Å²) in [6.45, 7) is 2.06. The summed E-state index contributed by atoms with van der Waals surface area (Å²) in [6.07, 6.45) is 0. The van der Waals surface area contributed by atoms with Gasteiger partial charge in [0.1, 0.15) is 0 Å². The molecule has 1 amide bonds. The third-order valence-corrected chi connectivity index (χ3v) is 3.66. The summed E-state index contributed by atoms with van der Waals surface area (Å²) in [5.74, 6) is -0.0975. The van der Waals surface area contributed by atoms with Crippen molar-refractivity contribution in [3.05, 3.63) is 59.7 Å². The normalized spacial score (nSPS) is 10.4. The first-order valence-electron chi connectivity index (χ1n) is 8.00. The largest absolute Gasteiger partial charge is 0.462 e. The molecule has 8 heteroatoms. The van der Waals surface area contributed by atoms with Crippen molar-refractivity contribution < 1.29 is 14.3 Å². The first-order chi connectivity index (χ1) is 12.6. The van der Waals surface area contributed by atoms with Gasteiger partial charge in [0.25, 0.3) is 5.91 Å². The molecule has 1 aromatic heterocycles. The van der Waals surface area contributed by atoms with E-state index >= 15 is 0 Å². The summed E-state index contributed by atoms with van der Waals surface area (Å²) >= 11 is 0. The Bertz CT molecular complexity index is 934. The molecule has 3 rings (SSSR count). The number of amides is 1. The molecule has 0 aliphatic carbocycles. The number of ether oxygens (including phenoxy) is 1. The van der Waals surface area contributed by atoms with Crippen molar-refractivity contribution in [3.8, 4) is 11.4 Å². The highest BCUT2D eigenvalue weighted by Gasteiger charge is 2.11. The summed E-state index contributed by atoms with van der Waals surface area (Å²) in [6, 6.07) is 13.5. The topological polar surface area (TPSA) is 99.0 Å². The molecular weight excluding hydrogens is 334 g/mol. The maximum absolute atomic E-state index is 12.5. The van der Waals surface area contributed by atoms with Gasteiger partial charge in [0.2, 0.25) is 0 Å². The Kier molecular flexibility index (Phi) is 5.02. The number of hydrogen-bond acceptors (Lipinski definition) is 6. The minimum absolute atomic E-state index is 0.272. The van der Waals surface area contributed by atoms with Crippen molar-refractivity contribution in [2.24, 2.45) is 7.05 Å². The van der Waals surface area contributed by atoms with E-state index in [2.05, 4.69) is 20.8 Å².